The van der Waals surface area contributed by atoms with Gasteiger partial charge in [0.05, 0.1) is 23.9 Å². The summed E-state index contributed by atoms with van der Waals surface area (Å²) in [6.45, 7) is 8.10. The number of benzene rings is 1. The van der Waals surface area contributed by atoms with Crippen LogP contribution in [0.2, 0.25) is 0 Å². The molecule has 0 saturated carbocycles. The molecule has 0 bridgehead atoms. The number of thiazole rings is 1. The highest BCUT2D eigenvalue weighted by Gasteiger charge is 2.36. The molecule has 2 aromatic rings. The lowest BCUT2D eigenvalue weighted by molar-refractivity contribution is -0.122. The third-order valence-corrected chi connectivity index (χ3v) is 6.80. The molecule has 7 nitrogen and oxygen atoms in total. The van der Waals surface area contributed by atoms with Crippen molar-refractivity contribution in [2.75, 3.05) is 36.5 Å². The summed E-state index contributed by atoms with van der Waals surface area (Å²) in [7, 11) is 0. The van der Waals surface area contributed by atoms with E-state index >= 15 is 0 Å². The maximum absolute atomic E-state index is 12.8. The molecule has 3 heterocycles. The molecule has 0 spiro atoms. The van der Waals surface area contributed by atoms with E-state index in [-0.39, 0.29) is 18.2 Å². The number of hydrogen-bond acceptors (Lipinski definition) is 6. The molecule has 0 aliphatic carbocycles. The largest absolute Gasteiger partial charge is 0.492 e. The van der Waals surface area contributed by atoms with Gasteiger partial charge >= 0.3 is 0 Å². The second kappa shape index (κ2) is 9.78. The zero-order chi connectivity index (χ0) is 21.8. The topological polar surface area (TPSA) is 74.8 Å². The van der Waals surface area contributed by atoms with Crippen LogP contribution in [0.15, 0.2) is 29.6 Å². The summed E-state index contributed by atoms with van der Waals surface area (Å²) in [6.07, 6.45) is 2.65. The van der Waals surface area contributed by atoms with Crippen LogP contribution in [0.1, 0.15) is 38.8 Å². The number of ether oxygens (including phenoxy) is 1. The van der Waals surface area contributed by atoms with Gasteiger partial charge in [-0.15, -0.1) is 11.3 Å². The van der Waals surface area contributed by atoms with Crippen molar-refractivity contribution in [2.24, 2.45) is 11.8 Å². The van der Waals surface area contributed by atoms with Gasteiger partial charge in [0.15, 0.2) is 5.13 Å². The summed E-state index contributed by atoms with van der Waals surface area (Å²) in [5.41, 5.74) is 1.71. The standard InChI is InChI=1S/C23H30N4O3S/c1-3-30-20-7-5-4-6-19(20)27-13-17(12-21(27)28)22(29)25-23-24-18(15-31-23)14-26-10-8-16(2)9-11-26/h4-7,15-17H,3,8-14H2,1-2H3,(H,24,25,29). The molecule has 1 unspecified atom stereocenters. The van der Waals surface area contributed by atoms with Crippen LogP contribution in [0.3, 0.4) is 0 Å². The molecule has 2 aliphatic rings. The Morgan fingerprint density at radius 1 is 1.29 bits per heavy atom. The SMILES string of the molecule is CCOc1ccccc1N1CC(C(=O)Nc2nc(CN3CCC(C)CC3)cs2)CC1=O. The summed E-state index contributed by atoms with van der Waals surface area (Å²) in [5, 5.41) is 5.54. The van der Waals surface area contributed by atoms with E-state index in [1.54, 1.807) is 4.90 Å². The number of anilines is 2. The van der Waals surface area contributed by atoms with Gasteiger partial charge in [-0.2, -0.15) is 0 Å². The molecular formula is C23H30N4O3S. The van der Waals surface area contributed by atoms with Gasteiger partial charge in [-0.1, -0.05) is 19.1 Å². The Morgan fingerprint density at radius 3 is 2.84 bits per heavy atom. The van der Waals surface area contributed by atoms with Crippen LogP contribution in [0.4, 0.5) is 10.8 Å². The zero-order valence-corrected chi connectivity index (χ0v) is 19.0. The highest BCUT2D eigenvalue weighted by molar-refractivity contribution is 7.13. The molecule has 2 fully saturated rings. The van der Waals surface area contributed by atoms with Crippen molar-refractivity contribution in [3.05, 3.63) is 35.3 Å². The van der Waals surface area contributed by atoms with Gasteiger partial charge in [0.1, 0.15) is 5.75 Å². The number of nitrogens with zero attached hydrogens (tertiary/aromatic N) is 3. The van der Waals surface area contributed by atoms with E-state index in [2.05, 4.69) is 22.1 Å². The van der Waals surface area contributed by atoms with Crippen LogP contribution < -0.4 is 15.0 Å². The Kier molecular flexibility index (Phi) is 6.87. The molecule has 1 aromatic carbocycles. The fraction of sp³-hybridized carbons (Fsp3) is 0.522. The van der Waals surface area contributed by atoms with Gasteiger partial charge in [-0.05, 0) is 50.9 Å². The van der Waals surface area contributed by atoms with E-state index in [9.17, 15) is 9.59 Å². The predicted octanol–water partition coefficient (Wildman–Crippen LogP) is 3.77. The van der Waals surface area contributed by atoms with Crippen molar-refractivity contribution in [1.29, 1.82) is 0 Å². The average Bonchev–Trinajstić information content (AvgIpc) is 3.37. The smallest absolute Gasteiger partial charge is 0.231 e. The number of hydrogen-bond donors (Lipinski definition) is 1. The number of carbonyl (C=O) groups excluding carboxylic acids is 2. The minimum Gasteiger partial charge on any atom is -0.492 e. The summed E-state index contributed by atoms with van der Waals surface area (Å²) in [5.74, 6) is 0.841. The minimum absolute atomic E-state index is 0.0635. The van der Waals surface area contributed by atoms with Crippen molar-refractivity contribution >= 4 is 34.0 Å². The summed E-state index contributed by atoms with van der Waals surface area (Å²) >= 11 is 1.44. The van der Waals surface area contributed by atoms with E-state index < -0.39 is 5.92 Å². The van der Waals surface area contributed by atoms with Crippen molar-refractivity contribution in [2.45, 2.75) is 39.7 Å². The average molecular weight is 443 g/mol. The molecule has 1 atom stereocenters. The summed E-state index contributed by atoms with van der Waals surface area (Å²) in [4.78, 5) is 34.1. The number of nitrogens with one attached hydrogen (secondary N) is 1. The zero-order valence-electron chi connectivity index (χ0n) is 18.2. The van der Waals surface area contributed by atoms with Crippen LogP contribution in [-0.2, 0) is 16.1 Å². The van der Waals surface area contributed by atoms with E-state index in [1.807, 2.05) is 36.6 Å². The van der Waals surface area contributed by atoms with E-state index in [0.29, 0.717) is 24.0 Å². The molecule has 2 saturated heterocycles. The first-order chi connectivity index (χ1) is 15.0. The molecule has 8 heteroatoms. The first-order valence-corrected chi connectivity index (χ1v) is 11.9. The minimum atomic E-state index is -0.405. The maximum Gasteiger partial charge on any atom is 0.231 e. The van der Waals surface area contributed by atoms with Gasteiger partial charge in [-0.3, -0.25) is 14.5 Å². The van der Waals surface area contributed by atoms with Crippen LogP contribution in [0.5, 0.6) is 5.75 Å². The summed E-state index contributed by atoms with van der Waals surface area (Å²) < 4.78 is 5.65. The lowest BCUT2D eigenvalue weighted by Crippen LogP contribution is -2.32. The first kappa shape index (κ1) is 21.8. The van der Waals surface area contributed by atoms with Crippen molar-refractivity contribution in [1.82, 2.24) is 9.88 Å². The third kappa shape index (κ3) is 5.25. The molecule has 1 N–H and O–H groups in total. The number of rotatable bonds is 7. The molecule has 166 valence electrons. The van der Waals surface area contributed by atoms with Gasteiger partial charge < -0.3 is 15.0 Å². The molecule has 2 amide bonds. The van der Waals surface area contributed by atoms with Crippen molar-refractivity contribution in [3.8, 4) is 5.75 Å². The number of para-hydroxylation sites is 2. The second-order valence-corrected chi connectivity index (χ2v) is 9.26. The van der Waals surface area contributed by atoms with E-state index in [4.69, 9.17) is 4.74 Å². The fourth-order valence-electron chi connectivity index (χ4n) is 4.17. The Balaban J connectivity index is 1.35. The molecule has 2 aliphatic heterocycles. The number of carbonyl (C=O) groups is 2. The van der Waals surface area contributed by atoms with Gasteiger partial charge in [0, 0.05) is 24.9 Å². The van der Waals surface area contributed by atoms with Crippen LogP contribution in [-0.4, -0.2) is 47.9 Å². The highest BCUT2D eigenvalue weighted by Crippen LogP contribution is 2.33. The predicted molar refractivity (Wildman–Crippen MR) is 122 cm³/mol. The van der Waals surface area contributed by atoms with Crippen molar-refractivity contribution < 1.29 is 14.3 Å². The Morgan fingerprint density at radius 2 is 2.06 bits per heavy atom. The first-order valence-electron chi connectivity index (χ1n) is 11.0. The third-order valence-electron chi connectivity index (χ3n) is 6.00. The fourth-order valence-corrected chi connectivity index (χ4v) is 4.87. The summed E-state index contributed by atoms with van der Waals surface area (Å²) in [6, 6.07) is 7.46. The Hall–Kier alpha value is -2.45. The van der Waals surface area contributed by atoms with E-state index in [0.717, 1.165) is 36.9 Å². The molecule has 1 aromatic heterocycles. The number of amides is 2. The molecule has 31 heavy (non-hydrogen) atoms. The van der Waals surface area contributed by atoms with Gasteiger partial charge in [0.2, 0.25) is 11.8 Å². The maximum atomic E-state index is 12.8. The van der Waals surface area contributed by atoms with Gasteiger partial charge in [-0.25, -0.2) is 4.98 Å². The molecule has 0 radical (unpaired) electrons. The Bertz CT molecular complexity index is 923. The van der Waals surface area contributed by atoms with Crippen LogP contribution >= 0.6 is 11.3 Å². The van der Waals surface area contributed by atoms with Gasteiger partial charge in [0.25, 0.3) is 0 Å². The second-order valence-electron chi connectivity index (χ2n) is 8.40. The quantitative estimate of drug-likeness (QED) is 0.707. The highest BCUT2D eigenvalue weighted by atomic mass is 32.1. The van der Waals surface area contributed by atoms with Crippen LogP contribution in [0, 0.1) is 11.8 Å². The van der Waals surface area contributed by atoms with E-state index in [1.165, 1.54) is 24.2 Å². The lowest BCUT2D eigenvalue weighted by Gasteiger charge is -2.29. The van der Waals surface area contributed by atoms with Crippen LogP contribution in [0.25, 0.3) is 0 Å². The molecule has 4 rings (SSSR count). The normalized spacial score (nSPS) is 20.3. The molecular weight excluding hydrogens is 412 g/mol. The number of aromatic nitrogens is 1. The number of piperidine rings is 1. The number of likely N-dealkylation sites (tertiary alicyclic amines) is 1. The Labute approximate surface area is 187 Å². The lowest BCUT2D eigenvalue weighted by atomic mass is 9.99. The monoisotopic (exact) mass is 442 g/mol. The van der Waals surface area contributed by atoms with Crippen molar-refractivity contribution in [3.63, 3.8) is 0 Å².